The molecule has 0 unspecified atom stereocenters. The van der Waals surface area contributed by atoms with Gasteiger partial charge in [-0.15, -0.1) is 3.89 Å². The maximum Gasteiger partial charge on any atom is 0.302 e. The normalized spacial score (nSPS) is 11.8. The Morgan fingerprint density at radius 2 is 2.06 bits per heavy atom. The maximum atomic E-state index is 12.3. The molecule has 0 aliphatic heterocycles. The van der Waals surface area contributed by atoms with E-state index in [4.69, 9.17) is 0 Å². The number of aromatic nitrogens is 1. The van der Waals surface area contributed by atoms with Crippen LogP contribution in [0.4, 0.5) is 3.89 Å². The van der Waals surface area contributed by atoms with E-state index < -0.39 is 16.0 Å². The van der Waals surface area contributed by atoms with Gasteiger partial charge in [0.15, 0.2) is 0 Å². The molecule has 0 bridgehead atoms. The van der Waals surface area contributed by atoms with E-state index in [1.165, 1.54) is 0 Å². The third-order valence-electron chi connectivity index (χ3n) is 2.30. The number of nitrogens with zero attached hydrogens (tertiary/aromatic N) is 1. The van der Waals surface area contributed by atoms with Crippen molar-refractivity contribution in [1.82, 2.24) is 4.98 Å². The molecule has 5 heteroatoms. The Bertz CT molecular complexity index is 610. The SMILES string of the molecule is O=S(=O)(F)CCc1ccc2ncccc2c1. The molecule has 84 valence electrons. The molecule has 16 heavy (non-hydrogen) atoms. The van der Waals surface area contributed by atoms with Crippen molar-refractivity contribution in [2.75, 3.05) is 5.75 Å². The topological polar surface area (TPSA) is 47.0 Å². The molecule has 2 rings (SSSR count). The fraction of sp³-hybridized carbons (Fsp3) is 0.182. The Balaban J connectivity index is 2.26. The summed E-state index contributed by atoms with van der Waals surface area (Å²) in [5.74, 6) is -0.473. The lowest BCUT2D eigenvalue weighted by Crippen LogP contribution is -2.01. The lowest BCUT2D eigenvalue weighted by molar-refractivity contribution is 0.551. The van der Waals surface area contributed by atoms with Crippen LogP contribution in [0.5, 0.6) is 0 Å². The van der Waals surface area contributed by atoms with Gasteiger partial charge < -0.3 is 0 Å². The highest BCUT2D eigenvalue weighted by atomic mass is 32.3. The van der Waals surface area contributed by atoms with E-state index in [0.29, 0.717) is 0 Å². The van der Waals surface area contributed by atoms with Crippen molar-refractivity contribution in [1.29, 1.82) is 0 Å². The highest BCUT2D eigenvalue weighted by Crippen LogP contribution is 2.14. The Morgan fingerprint density at radius 1 is 1.25 bits per heavy atom. The lowest BCUT2D eigenvalue weighted by Gasteiger charge is -2.01. The fourth-order valence-electron chi connectivity index (χ4n) is 1.52. The van der Waals surface area contributed by atoms with Crippen molar-refractivity contribution < 1.29 is 12.3 Å². The molecule has 0 N–H and O–H groups in total. The molecule has 1 heterocycles. The minimum atomic E-state index is -4.39. The van der Waals surface area contributed by atoms with Gasteiger partial charge in [-0.05, 0) is 30.2 Å². The number of rotatable bonds is 3. The number of pyridine rings is 1. The van der Waals surface area contributed by atoms with E-state index >= 15 is 0 Å². The first kappa shape index (κ1) is 11.0. The second-order valence-electron chi connectivity index (χ2n) is 3.52. The number of halogens is 1. The Morgan fingerprint density at radius 3 is 2.81 bits per heavy atom. The summed E-state index contributed by atoms with van der Waals surface area (Å²) in [6, 6.07) is 9.08. The summed E-state index contributed by atoms with van der Waals surface area (Å²) in [5, 5.41) is 0.927. The molecule has 0 amide bonds. The monoisotopic (exact) mass is 239 g/mol. The molecule has 3 nitrogen and oxygen atoms in total. The van der Waals surface area contributed by atoms with Crippen molar-refractivity contribution in [3.05, 3.63) is 42.1 Å². The molecule has 0 aliphatic carbocycles. The average molecular weight is 239 g/mol. The van der Waals surface area contributed by atoms with Crippen LogP contribution in [0, 0.1) is 0 Å². The molecule has 0 atom stereocenters. The van der Waals surface area contributed by atoms with Crippen LogP contribution < -0.4 is 0 Å². The summed E-state index contributed by atoms with van der Waals surface area (Å²) in [4.78, 5) is 4.14. The number of aryl methyl sites for hydroxylation is 1. The zero-order valence-electron chi connectivity index (χ0n) is 8.43. The Hall–Kier alpha value is -1.49. The van der Waals surface area contributed by atoms with Gasteiger partial charge in [0, 0.05) is 11.6 Å². The summed E-state index contributed by atoms with van der Waals surface area (Å²) in [5.41, 5.74) is 1.64. The first-order valence-electron chi connectivity index (χ1n) is 4.81. The largest absolute Gasteiger partial charge is 0.302 e. The zero-order chi connectivity index (χ0) is 11.6. The van der Waals surface area contributed by atoms with Gasteiger partial charge in [-0.2, -0.15) is 8.42 Å². The van der Waals surface area contributed by atoms with Crippen LogP contribution in [-0.2, 0) is 16.6 Å². The van der Waals surface area contributed by atoms with E-state index in [9.17, 15) is 12.3 Å². The zero-order valence-corrected chi connectivity index (χ0v) is 9.24. The second-order valence-corrected chi connectivity index (χ2v) is 5.01. The average Bonchev–Trinajstić information content (AvgIpc) is 2.25. The van der Waals surface area contributed by atoms with Gasteiger partial charge in [-0.3, -0.25) is 4.98 Å². The lowest BCUT2D eigenvalue weighted by atomic mass is 10.1. The summed E-state index contributed by atoms with van der Waals surface area (Å²) in [6.45, 7) is 0. The van der Waals surface area contributed by atoms with Crippen molar-refractivity contribution in [3.8, 4) is 0 Å². The fourth-order valence-corrected chi connectivity index (χ4v) is 2.00. The van der Waals surface area contributed by atoms with Crippen LogP contribution >= 0.6 is 0 Å². The van der Waals surface area contributed by atoms with Crippen LogP contribution in [-0.4, -0.2) is 19.2 Å². The van der Waals surface area contributed by atoms with E-state index in [1.807, 2.05) is 12.1 Å². The summed E-state index contributed by atoms with van der Waals surface area (Å²) in [6.07, 6.45) is 1.87. The van der Waals surface area contributed by atoms with Crippen LogP contribution in [0.25, 0.3) is 10.9 Å². The molecule has 2 aromatic rings. The Labute approximate surface area is 93.1 Å². The molecule has 0 spiro atoms. The number of hydrogen-bond acceptors (Lipinski definition) is 3. The van der Waals surface area contributed by atoms with E-state index in [0.717, 1.165) is 16.5 Å². The van der Waals surface area contributed by atoms with Gasteiger partial charge >= 0.3 is 10.2 Å². The maximum absolute atomic E-state index is 12.3. The van der Waals surface area contributed by atoms with Crippen LogP contribution in [0.15, 0.2) is 36.5 Å². The molecular weight excluding hydrogens is 229 g/mol. The highest BCUT2D eigenvalue weighted by Gasteiger charge is 2.07. The van der Waals surface area contributed by atoms with Crippen LogP contribution in [0.1, 0.15) is 5.56 Å². The standard InChI is InChI=1S/C11H10FNO2S/c12-16(14,15)7-5-9-3-4-11-10(8-9)2-1-6-13-11/h1-4,6,8H,5,7H2. The molecule has 0 radical (unpaired) electrons. The molecule has 0 aliphatic rings. The predicted molar refractivity (Wildman–Crippen MR) is 60.3 cm³/mol. The number of benzene rings is 1. The molecule has 1 aromatic carbocycles. The smallest absolute Gasteiger partial charge is 0.256 e. The van der Waals surface area contributed by atoms with Gasteiger partial charge in [0.1, 0.15) is 0 Å². The van der Waals surface area contributed by atoms with Gasteiger partial charge in [0.25, 0.3) is 0 Å². The minimum absolute atomic E-state index is 0.184. The van der Waals surface area contributed by atoms with E-state index in [-0.39, 0.29) is 6.42 Å². The van der Waals surface area contributed by atoms with Gasteiger partial charge in [-0.1, -0.05) is 12.1 Å². The second kappa shape index (κ2) is 4.17. The van der Waals surface area contributed by atoms with Crippen LogP contribution in [0.2, 0.25) is 0 Å². The van der Waals surface area contributed by atoms with E-state index in [2.05, 4.69) is 4.98 Å². The minimum Gasteiger partial charge on any atom is -0.256 e. The van der Waals surface area contributed by atoms with Crippen molar-refractivity contribution in [2.45, 2.75) is 6.42 Å². The third kappa shape index (κ3) is 2.76. The first-order chi connectivity index (χ1) is 7.54. The first-order valence-corrected chi connectivity index (χ1v) is 6.36. The molecule has 1 aromatic heterocycles. The van der Waals surface area contributed by atoms with Crippen LogP contribution in [0.3, 0.4) is 0 Å². The summed E-state index contributed by atoms with van der Waals surface area (Å²) >= 11 is 0. The van der Waals surface area contributed by atoms with Gasteiger partial charge in [-0.25, -0.2) is 0 Å². The van der Waals surface area contributed by atoms with E-state index in [1.54, 1.807) is 24.4 Å². The number of fused-ring (bicyclic) bond motifs is 1. The summed E-state index contributed by atoms with van der Waals surface area (Å²) in [7, 11) is -4.39. The third-order valence-corrected chi connectivity index (χ3v) is 2.99. The quantitative estimate of drug-likeness (QED) is 0.770. The van der Waals surface area contributed by atoms with Crippen molar-refractivity contribution in [2.24, 2.45) is 0 Å². The molecule has 0 fully saturated rings. The highest BCUT2D eigenvalue weighted by molar-refractivity contribution is 7.86. The Kier molecular flexibility index (Phi) is 2.87. The number of hydrogen-bond donors (Lipinski definition) is 0. The van der Waals surface area contributed by atoms with Gasteiger partial charge in [0.05, 0.1) is 11.3 Å². The molecule has 0 saturated heterocycles. The van der Waals surface area contributed by atoms with Crippen molar-refractivity contribution in [3.63, 3.8) is 0 Å². The van der Waals surface area contributed by atoms with Crippen molar-refractivity contribution >= 4 is 21.1 Å². The molecular formula is C11H10FNO2S. The predicted octanol–water partition coefficient (Wildman–Crippen LogP) is 2.08. The van der Waals surface area contributed by atoms with Gasteiger partial charge in [0.2, 0.25) is 0 Å². The summed E-state index contributed by atoms with van der Waals surface area (Å²) < 4.78 is 33.1. The molecule has 0 saturated carbocycles.